The molecule has 1 aliphatic rings. The van der Waals surface area contributed by atoms with Gasteiger partial charge in [0.25, 0.3) is 0 Å². The lowest BCUT2D eigenvalue weighted by Crippen LogP contribution is -2.38. The van der Waals surface area contributed by atoms with Crippen LogP contribution >= 0.6 is 0 Å². The average Bonchev–Trinajstić information content (AvgIpc) is 3.00. The predicted molar refractivity (Wildman–Crippen MR) is 125 cm³/mol. The van der Waals surface area contributed by atoms with Crippen LogP contribution < -0.4 is 4.90 Å². The van der Waals surface area contributed by atoms with Gasteiger partial charge in [-0.3, -0.25) is 4.79 Å². The zero-order valence-electron chi connectivity index (χ0n) is 17.2. The van der Waals surface area contributed by atoms with Crippen molar-refractivity contribution < 1.29 is 4.79 Å². The van der Waals surface area contributed by atoms with E-state index < -0.39 is 5.41 Å². The lowest BCUT2D eigenvalue weighted by atomic mass is 9.74. The second kappa shape index (κ2) is 7.00. The van der Waals surface area contributed by atoms with E-state index >= 15 is 0 Å². The third kappa shape index (κ3) is 2.76. The van der Waals surface area contributed by atoms with Crippen molar-refractivity contribution in [3.05, 3.63) is 119 Å². The van der Waals surface area contributed by atoms with Crippen molar-refractivity contribution in [3.63, 3.8) is 0 Å². The van der Waals surface area contributed by atoms with Crippen LogP contribution in [0.4, 0.5) is 5.69 Å². The van der Waals surface area contributed by atoms with Gasteiger partial charge in [-0.05, 0) is 46.5 Å². The molecule has 0 bridgehead atoms. The van der Waals surface area contributed by atoms with E-state index in [0.29, 0.717) is 0 Å². The molecule has 0 radical (unpaired) electrons. The summed E-state index contributed by atoms with van der Waals surface area (Å²) in [5, 5.41) is 2.41. The van der Waals surface area contributed by atoms with Gasteiger partial charge in [0.2, 0.25) is 5.91 Å². The highest BCUT2D eigenvalue weighted by Gasteiger charge is 2.49. The molecule has 4 aromatic carbocycles. The number of amides is 1. The molecule has 1 atom stereocenters. The van der Waals surface area contributed by atoms with Crippen molar-refractivity contribution in [2.75, 3.05) is 11.9 Å². The number of para-hydroxylation sites is 1. The van der Waals surface area contributed by atoms with E-state index in [1.807, 2.05) is 31.3 Å². The number of rotatable bonds is 3. The van der Waals surface area contributed by atoms with Crippen LogP contribution in [0.3, 0.4) is 0 Å². The van der Waals surface area contributed by atoms with Gasteiger partial charge in [0.1, 0.15) is 5.41 Å². The van der Waals surface area contributed by atoms with E-state index in [2.05, 4.69) is 85.8 Å². The number of aryl methyl sites for hydroxylation is 1. The van der Waals surface area contributed by atoms with Crippen molar-refractivity contribution >= 4 is 28.4 Å². The molecule has 2 nitrogen and oxygen atoms in total. The fourth-order valence-electron chi connectivity index (χ4n) is 4.47. The summed E-state index contributed by atoms with van der Waals surface area (Å²) in [6.07, 6.45) is 4.16. The summed E-state index contributed by atoms with van der Waals surface area (Å²) in [4.78, 5) is 15.5. The second-order valence-corrected chi connectivity index (χ2v) is 8.00. The molecule has 1 amide bonds. The van der Waals surface area contributed by atoms with E-state index in [1.165, 1.54) is 16.3 Å². The zero-order chi connectivity index (χ0) is 20.7. The molecule has 0 N–H and O–H groups in total. The Balaban J connectivity index is 1.70. The normalized spacial score (nSPS) is 18.3. The fourth-order valence-corrected chi connectivity index (χ4v) is 4.47. The van der Waals surface area contributed by atoms with Gasteiger partial charge in [0.05, 0.1) is 0 Å². The molecule has 30 heavy (non-hydrogen) atoms. The SMILES string of the molecule is Cc1ccc(C2(/C=C/c3ccc4ccccc4c3)C(=O)N(C)c3ccccc32)cc1. The second-order valence-electron chi connectivity index (χ2n) is 8.00. The maximum Gasteiger partial charge on any atom is 0.245 e. The van der Waals surface area contributed by atoms with Crippen LogP contribution in [0.2, 0.25) is 0 Å². The quantitative estimate of drug-likeness (QED) is 0.413. The van der Waals surface area contributed by atoms with Gasteiger partial charge in [-0.2, -0.15) is 0 Å². The van der Waals surface area contributed by atoms with Crippen LogP contribution in [0.1, 0.15) is 22.3 Å². The van der Waals surface area contributed by atoms with Gasteiger partial charge in [0, 0.05) is 12.7 Å². The van der Waals surface area contributed by atoms with Crippen LogP contribution in [-0.2, 0) is 10.2 Å². The van der Waals surface area contributed by atoms with Gasteiger partial charge in [-0.25, -0.2) is 0 Å². The van der Waals surface area contributed by atoms with Crippen molar-refractivity contribution in [1.29, 1.82) is 0 Å². The molecule has 0 saturated heterocycles. The molecule has 1 aliphatic heterocycles. The van der Waals surface area contributed by atoms with E-state index in [9.17, 15) is 4.79 Å². The minimum atomic E-state index is -0.829. The number of benzene rings is 4. The molecule has 146 valence electrons. The number of fused-ring (bicyclic) bond motifs is 2. The Kier molecular flexibility index (Phi) is 4.29. The largest absolute Gasteiger partial charge is 0.314 e. The summed E-state index contributed by atoms with van der Waals surface area (Å²) in [7, 11) is 1.86. The van der Waals surface area contributed by atoms with Crippen LogP contribution in [0.25, 0.3) is 16.8 Å². The summed E-state index contributed by atoms with van der Waals surface area (Å²) >= 11 is 0. The number of nitrogens with zero attached hydrogens (tertiary/aromatic N) is 1. The highest BCUT2D eigenvalue weighted by Crippen LogP contribution is 2.47. The Morgan fingerprint density at radius 1 is 0.800 bits per heavy atom. The number of hydrogen-bond donors (Lipinski definition) is 0. The zero-order valence-corrected chi connectivity index (χ0v) is 17.2. The maximum absolute atomic E-state index is 13.7. The Morgan fingerprint density at radius 3 is 2.30 bits per heavy atom. The maximum atomic E-state index is 13.7. The van der Waals surface area contributed by atoms with Crippen LogP contribution in [0.15, 0.2) is 97.1 Å². The van der Waals surface area contributed by atoms with Gasteiger partial charge < -0.3 is 4.90 Å². The highest BCUT2D eigenvalue weighted by molar-refractivity contribution is 6.12. The standard InChI is InChI=1S/C28H23NO/c1-20-11-15-24(16-12-20)28(25-9-5-6-10-26(25)29(2)27(28)30)18-17-21-13-14-22-7-3-4-8-23(22)19-21/h3-19H,1-2H3/b18-17+. The first-order valence-corrected chi connectivity index (χ1v) is 10.2. The minimum absolute atomic E-state index is 0.0737. The third-order valence-corrected chi connectivity index (χ3v) is 6.14. The fraction of sp³-hybridized carbons (Fsp3) is 0.107. The third-order valence-electron chi connectivity index (χ3n) is 6.14. The van der Waals surface area contributed by atoms with Crippen LogP contribution in [0.5, 0.6) is 0 Å². The van der Waals surface area contributed by atoms with Crippen molar-refractivity contribution in [2.45, 2.75) is 12.3 Å². The number of anilines is 1. The monoisotopic (exact) mass is 389 g/mol. The topological polar surface area (TPSA) is 20.3 Å². The number of carbonyl (C=O) groups excluding carboxylic acids is 1. The summed E-state index contributed by atoms with van der Waals surface area (Å²) < 4.78 is 0. The minimum Gasteiger partial charge on any atom is -0.314 e. The molecular weight excluding hydrogens is 366 g/mol. The Hall–Kier alpha value is -3.65. The van der Waals surface area contributed by atoms with E-state index in [-0.39, 0.29) is 5.91 Å². The molecule has 0 spiro atoms. The van der Waals surface area contributed by atoms with Crippen LogP contribution in [-0.4, -0.2) is 13.0 Å². The molecule has 1 unspecified atom stereocenters. The average molecular weight is 389 g/mol. The van der Waals surface area contributed by atoms with E-state index in [1.54, 1.807) is 4.90 Å². The number of likely N-dealkylation sites (N-methyl/N-ethyl adjacent to an activating group) is 1. The first-order chi connectivity index (χ1) is 14.6. The molecule has 4 aromatic rings. The predicted octanol–water partition coefficient (Wildman–Crippen LogP) is 6.12. The van der Waals surface area contributed by atoms with Crippen LogP contribution in [0, 0.1) is 6.92 Å². The molecule has 1 heterocycles. The van der Waals surface area contributed by atoms with Crippen molar-refractivity contribution in [1.82, 2.24) is 0 Å². The summed E-state index contributed by atoms with van der Waals surface area (Å²) in [5.74, 6) is 0.0737. The molecule has 0 aromatic heterocycles. The van der Waals surface area contributed by atoms with Gasteiger partial charge in [-0.1, -0.05) is 96.6 Å². The summed E-state index contributed by atoms with van der Waals surface area (Å²) in [6.45, 7) is 2.07. The van der Waals surface area contributed by atoms with Crippen molar-refractivity contribution in [2.24, 2.45) is 0 Å². The lowest BCUT2D eigenvalue weighted by Gasteiger charge is -2.26. The van der Waals surface area contributed by atoms with Gasteiger partial charge in [0.15, 0.2) is 0 Å². The van der Waals surface area contributed by atoms with Crippen molar-refractivity contribution in [3.8, 4) is 0 Å². The van der Waals surface area contributed by atoms with Gasteiger partial charge in [-0.15, -0.1) is 0 Å². The number of carbonyl (C=O) groups is 1. The molecule has 0 aliphatic carbocycles. The molecule has 5 rings (SSSR count). The smallest absolute Gasteiger partial charge is 0.245 e. The van der Waals surface area contributed by atoms with E-state index in [4.69, 9.17) is 0 Å². The van der Waals surface area contributed by atoms with Gasteiger partial charge >= 0.3 is 0 Å². The lowest BCUT2D eigenvalue weighted by molar-refractivity contribution is -0.120. The number of hydrogen-bond acceptors (Lipinski definition) is 1. The Labute approximate surface area is 177 Å². The molecule has 2 heteroatoms. The first-order valence-electron chi connectivity index (χ1n) is 10.2. The molecular formula is C28H23NO. The molecule has 0 fully saturated rings. The summed E-state index contributed by atoms with van der Waals surface area (Å²) in [5.41, 5.74) is 4.42. The first kappa shape index (κ1) is 18.4. The summed E-state index contributed by atoms with van der Waals surface area (Å²) in [6, 6.07) is 31.1. The Morgan fingerprint density at radius 2 is 1.50 bits per heavy atom. The molecule has 0 saturated carbocycles. The Bertz CT molecular complexity index is 1290. The van der Waals surface area contributed by atoms with E-state index in [0.717, 1.165) is 22.4 Å². The highest BCUT2D eigenvalue weighted by atomic mass is 16.2.